The van der Waals surface area contributed by atoms with Gasteiger partial charge in [0, 0.05) is 13.1 Å². The van der Waals surface area contributed by atoms with Crippen LogP contribution in [0.2, 0.25) is 0 Å². The van der Waals surface area contributed by atoms with Gasteiger partial charge in [0.2, 0.25) is 5.95 Å². The van der Waals surface area contributed by atoms with E-state index in [1.54, 1.807) is 6.20 Å². The average molecular weight is 194 g/mol. The van der Waals surface area contributed by atoms with Crippen LogP contribution in [0, 0.1) is 6.92 Å². The molecule has 14 heavy (non-hydrogen) atoms. The number of morpholine rings is 1. The van der Waals surface area contributed by atoms with E-state index in [0.717, 1.165) is 37.9 Å². The van der Waals surface area contributed by atoms with Crippen LogP contribution in [0.15, 0.2) is 6.20 Å². The normalized spacial score (nSPS) is 17.1. The van der Waals surface area contributed by atoms with Crippen molar-refractivity contribution in [1.29, 1.82) is 0 Å². The molecule has 0 bridgehead atoms. The molecule has 0 spiro atoms. The molecular formula is C9H14N4O. The number of hydrogen-bond donors (Lipinski definition) is 1. The number of anilines is 2. The molecule has 1 aromatic rings. The van der Waals surface area contributed by atoms with E-state index in [4.69, 9.17) is 10.5 Å². The molecule has 1 fully saturated rings. The first-order valence-corrected chi connectivity index (χ1v) is 4.69. The van der Waals surface area contributed by atoms with Crippen molar-refractivity contribution in [2.75, 3.05) is 36.9 Å². The molecule has 0 radical (unpaired) electrons. The van der Waals surface area contributed by atoms with E-state index in [1.165, 1.54) is 0 Å². The second-order valence-corrected chi connectivity index (χ2v) is 3.31. The fourth-order valence-corrected chi connectivity index (χ4v) is 1.38. The number of hydrogen-bond acceptors (Lipinski definition) is 5. The van der Waals surface area contributed by atoms with Gasteiger partial charge in [0.15, 0.2) is 0 Å². The number of aromatic nitrogens is 2. The maximum atomic E-state index is 5.65. The average Bonchev–Trinajstić information content (AvgIpc) is 2.23. The first-order valence-electron chi connectivity index (χ1n) is 4.69. The Labute approximate surface area is 82.9 Å². The molecule has 0 saturated carbocycles. The molecule has 0 unspecified atom stereocenters. The van der Waals surface area contributed by atoms with Crippen LogP contribution in [0.1, 0.15) is 5.69 Å². The smallest absolute Gasteiger partial charge is 0.225 e. The maximum Gasteiger partial charge on any atom is 0.225 e. The van der Waals surface area contributed by atoms with E-state index in [1.807, 2.05) is 6.92 Å². The van der Waals surface area contributed by atoms with Crippen LogP contribution in [-0.4, -0.2) is 36.3 Å². The number of nitrogens with zero attached hydrogens (tertiary/aromatic N) is 3. The zero-order valence-electron chi connectivity index (χ0n) is 8.23. The fourth-order valence-electron chi connectivity index (χ4n) is 1.38. The van der Waals surface area contributed by atoms with Gasteiger partial charge < -0.3 is 15.4 Å². The predicted molar refractivity (Wildman–Crippen MR) is 54.2 cm³/mol. The van der Waals surface area contributed by atoms with Crippen molar-refractivity contribution in [3.8, 4) is 0 Å². The van der Waals surface area contributed by atoms with Crippen LogP contribution in [-0.2, 0) is 4.74 Å². The quantitative estimate of drug-likeness (QED) is 0.692. The van der Waals surface area contributed by atoms with Gasteiger partial charge in [-0.05, 0) is 6.92 Å². The van der Waals surface area contributed by atoms with Crippen LogP contribution in [0.4, 0.5) is 11.6 Å². The molecule has 0 aliphatic carbocycles. The molecule has 5 heteroatoms. The summed E-state index contributed by atoms with van der Waals surface area (Å²) in [5, 5.41) is 0. The van der Waals surface area contributed by atoms with E-state index < -0.39 is 0 Å². The van der Waals surface area contributed by atoms with E-state index in [2.05, 4.69) is 14.9 Å². The zero-order chi connectivity index (χ0) is 9.97. The van der Waals surface area contributed by atoms with Gasteiger partial charge in [-0.25, -0.2) is 9.97 Å². The third kappa shape index (κ3) is 1.77. The molecule has 0 aromatic carbocycles. The van der Waals surface area contributed by atoms with Crippen molar-refractivity contribution in [3.63, 3.8) is 0 Å². The van der Waals surface area contributed by atoms with Crippen LogP contribution in [0.25, 0.3) is 0 Å². The van der Waals surface area contributed by atoms with Crippen molar-refractivity contribution in [2.24, 2.45) is 0 Å². The van der Waals surface area contributed by atoms with Crippen molar-refractivity contribution in [3.05, 3.63) is 11.9 Å². The molecule has 1 aliphatic rings. The molecule has 2 heterocycles. The van der Waals surface area contributed by atoms with Crippen molar-refractivity contribution >= 4 is 11.6 Å². The summed E-state index contributed by atoms with van der Waals surface area (Å²) >= 11 is 0. The molecule has 76 valence electrons. The molecule has 1 saturated heterocycles. The highest BCUT2D eigenvalue weighted by atomic mass is 16.5. The molecule has 1 aromatic heterocycles. The molecule has 1 aliphatic heterocycles. The topological polar surface area (TPSA) is 64.3 Å². The monoisotopic (exact) mass is 194 g/mol. The number of ether oxygens (including phenoxy) is 1. The Hall–Kier alpha value is -1.36. The number of nitrogen functional groups attached to an aromatic ring is 1. The number of aryl methyl sites for hydroxylation is 1. The lowest BCUT2D eigenvalue weighted by Crippen LogP contribution is -2.37. The summed E-state index contributed by atoms with van der Waals surface area (Å²) in [5.41, 5.74) is 7.13. The summed E-state index contributed by atoms with van der Waals surface area (Å²) < 4.78 is 5.25. The number of nitrogens with two attached hydrogens (primary N) is 1. The summed E-state index contributed by atoms with van der Waals surface area (Å²) in [5.74, 6) is 0.750. The van der Waals surface area contributed by atoms with E-state index in [0.29, 0.717) is 5.69 Å². The van der Waals surface area contributed by atoms with Gasteiger partial charge in [-0.1, -0.05) is 0 Å². The van der Waals surface area contributed by atoms with Gasteiger partial charge in [-0.3, -0.25) is 0 Å². The Bertz CT molecular complexity index is 323. The van der Waals surface area contributed by atoms with Crippen molar-refractivity contribution < 1.29 is 4.74 Å². The van der Waals surface area contributed by atoms with Crippen LogP contribution in [0.3, 0.4) is 0 Å². The van der Waals surface area contributed by atoms with Gasteiger partial charge in [0.05, 0.1) is 30.8 Å². The molecule has 0 amide bonds. The maximum absolute atomic E-state index is 5.65. The summed E-state index contributed by atoms with van der Waals surface area (Å²) in [6.07, 6.45) is 1.66. The SMILES string of the molecule is Cc1nc(N2CCOCC2)ncc1N. The van der Waals surface area contributed by atoms with Gasteiger partial charge in [0.1, 0.15) is 0 Å². The Morgan fingerprint density at radius 2 is 2.14 bits per heavy atom. The lowest BCUT2D eigenvalue weighted by atomic mass is 10.4. The van der Waals surface area contributed by atoms with E-state index in [9.17, 15) is 0 Å². The second-order valence-electron chi connectivity index (χ2n) is 3.31. The lowest BCUT2D eigenvalue weighted by Gasteiger charge is -2.26. The number of rotatable bonds is 1. The fraction of sp³-hybridized carbons (Fsp3) is 0.556. The molecule has 2 rings (SSSR count). The summed E-state index contributed by atoms with van der Waals surface area (Å²) in [6, 6.07) is 0. The van der Waals surface area contributed by atoms with Gasteiger partial charge in [-0.2, -0.15) is 0 Å². The van der Waals surface area contributed by atoms with Crippen LogP contribution < -0.4 is 10.6 Å². The minimum Gasteiger partial charge on any atom is -0.396 e. The molecule has 2 N–H and O–H groups in total. The highest BCUT2D eigenvalue weighted by Crippen LogP contribution is 2.13. The second kappa shape index (κ2) is 3.79. The summed E-state index contributed by atoms with van der Waals surface area (Å²) in [6.45, 7) is 5.08. The van der Waals surface area contributed by atoms with Crippen molar-refractivity contribution in [1.82, 2.24) is 9.97 Å². The largest absolute Gasteiger partial charge is 0.396 e. The Morgan fingerprint density at radius 3 is 2.79 bits per heavy atom. The highest BCUT2D eigenvalue weighted by molar-refractivity contribution is 5.44. The third-order valence-electron chi connectivity index (χ3n) is 2.30. The first-order chi connectivity index (χ1) is 6.77. The molecule has 0 atom stereocenters. The Balaban J connectivity index is 2.18. The minimum atomic E-state index is 0.641. The zero-order valence-corrected chi connectivity index (χ0v) is 8.23. The van der Waals surface area contributed by atoms with Gasteiger partial charge >= 0.3 is 0 Å². The minimum absolute atomic E-state index is 0.641. The van der Waals surface area contributed by atoms with Crippen LogP contribution in [0.5, 0.6) is 0 Å². The summed E-state index contributed by atoms with van der Waals surface area (Å²) in [4.78, 5) is 10.6. The molecular weight excluding hydrogens is 180 g/mol. The summed E-state index contributed by atoms with van der Waals surface area (Å²) in [7, 11) is 0. The highest BCUT2D eigenvalue weighted by Gasteiger charge is 2.13. The van der Waals surface area contributed by atoms with Crippen molar-refractivity contribution in [2.45, 2.75) is 6.92 Å². The third-order valence-corrected chi connectivity index (χ3v) is 2.30. The van der Waals surface area contributed by atoms with Crippen LogP contribution >= 0.6 is 0 Å². The van der Waals surface area contributed by atoms with E-state index in [-0.39, 0.29) is 0 Å². The van der Waals surface area contributed by atoms with Gasteiger partial charge in [0.25, 0.3) is 0 Å². The van der Waals surface area contributed by atoms with E-state index >= 15 is 0 Å². The lowest BCUT2D eigenvalue weighted by molar-refractivity contribution is 0.122. The Morgan fingerprint density at radius 1 is 1.43 bits per heavy atom. The van der Waals surface area contributed by atoms with Gasteiger partial charge in [-0.15, -0.1) is 0 Å². The standard InChI is InChI=1S/C9H14N4O/c1-7-8(10)6-11-9(12-7)13-2-4-14-5-3-13/h6H,2-5,10H2,1H3. The molecule has 5 nitrogen and oxygen atoms in total. The Kier molecular flexibility index (Phi) is 2.49. The first kappa shape index (κ1) is 9.21. The predicted octanol–water partition coefficient (Wildman–Crippen LogP) is 0.204.